The molecule has 0 radical (unpaired) electrons. The maximum absolute atomic E-state index is 5.96. The molecule has 2 aromatic heterocycles. The summed E-state index contributed by atoms with van der Waals surface area (Å²) < 4.78 is 7.94. The van der Waals surface area contributed by atoms with Crippen molar-refractivity contribution in [3.63, 3.8) is 0 Å². The van der Waals surface area contributed by atoms with Crippen molar-refractivity contribution < 1.29 is 4.42 Å². The van der Waals surface area contributed by atoms with E-state index in [4.69, 9.17) is 4.42 Å². The Morgan fingerprint density at radius 2 is 2.00 bits per heavy atom. The number of furan rings is 1. The quantitative estimate of drug-likeness (QED) is 0.304. The van der Waals surface area contributed by atoms with Gasteiger partial charge in [0.2, 0.25) is 0 Å². The van der Waals surface area contributed by atoms with Gasteiger partial charge in [-0.15, -0.1) is 24.0 Å². The number of hydrogen-bond donors (Lipinski definition) is 2. The van der Waals surface area contributed by atoms with Gasteiger partial charge >= 0.3 is 0 Å². The second-order valence-electron chi connectivity index (χ2n) is 6.68. The van der Waals surface area contributed by atoms with E-state index in [1.54, 1.807) is 7.05 Å². The van der Waals surface area contributed by atoms with Gasteiger partial charge in [0.25, 0.3) is 0 Å². The molecule has 0 saturated carbocycles. The molecule has 0 fully saturated rings. The van der Waals surface area contributed by atoms with Crippen LogP contribution in [0.15, 0.2) is 39.7 Å². The number of rotatable bonds is 6. The Bertz CT molecular complexity index is 911. The molecule has 0 aliphatic heterocycles. The van der Waals surface area contributed by atoms with Crippen LogP contribution in [0.2, 0.25) is 0 Å². The topological polar surface area (TPSA) is 67.4 Å². The van der Waals surface area contributed by atoms with Crippen LogP contribution >= 0.6 is 24.0 Å². The molecule has 2 heterocycles. The standard InChI is InChI=1S/C21H29N5O.HI/c1-6-17-16(18(7-2)26(5)25-17)13-23-21(22-4)24-14(3)20-12-15-10-8-9-11-19(15)27-20;/h8-12,14H,6-7,13H2,1-5H3,(H2,22,23,24);1H. The number of para-hydroxylation sites is 1. The predicted molar refractivity (Wildman–Crippen MR) is 125 cm³/mol. The maximum Gasteiger partial charge on any atom is 0.191 e. The number of aryl methyl sites for hydroxylation is 2. The number of nitrogens with one attached hydrogen (secondary N) is 2. The van der Waals surface area contributed by atoms with E-state index < -0.39 is 0 Å². The fraction of sp³-hybridized carbons (Fsp3) is 0.429. The van der Waals surface area contributed by atoms with Gasteiger partial charge in [0, 0.05) is 37.3 Å². The number of benzene rings is 1. The highest BCUT2D eigenvalue weighted by Gasteiger charge is 2.16. The van der Waals surface area contributed by atoms with Gasteiger partial charge in [0.05, 0.1) is 11.7 Å². The number of hydrogen-bond acceptors (Lipinski definition) is 3. The third-order valence-corrected chi connectivity index (χ3v) is 4.91. The Hall–Kier alpha value is -2.03. The summed E-state index contributed by atoms with van der Waals surface area (Å²) in [5.41, 5.74) is 4.57. The predicted octanol–water partition coefficient (Wildman–Crippen LogP) is 4.34. The molecule has 2 N–H and O–H groups in total. The fourth-order valence-electron chi connectivity index (χ4n) is 3.45. The van der Waals surface area contributed by atoms with E-state index in [0.717, 1.165) is 41.2 Å². The van der Waals surface area contributed by atoms with Crippen LogP contribution in [0.25, 0.3) is 11.0 Å². The summed E-state index contributed by atoms with van der Waals surface area (Å²) in [6.45, 7) is 7.08. The molecule has 28 heavy (non-hydrogen) atoms. The van der Waals surface area contributed by atoms with Crippen molar-refractivity contribution in [3.8, 4) is 0 Å². The highest BCUT2D eigenvalue weighted by molar-refractivity contribution is 14.0. The Morgan fingerprint density at radius 3 is 2.64 bits per heavy atom. The lowest BCUT2D eigenvalue weighted by Gasteiger charge is -2.16. The van der Waals surface area contributed by atoms with Crippen LogP contribution in [0.3, 0.4) is 0 Å². The van der Waals surface area contributed by atoms with Crippen molar-refractivity contribution in [1.82, 2.24) is 20.4 Å². The molecule has 0 amide bonds. The highest BCUT2D eigenvalue weighted by atomic mass is 127. The lowest BCUT2D eigenvalue weighted by atomic mass is 10.1. The van der Waals surface area contributed by atoms with Gasteiger partial charge in [-0.3, -0.25) is 9.67 Å². The van der Waals surface area contributed by atoms with Crippen molar-refractivity contribution in [2.45, 2.75) is 46.2 Å². The number of guanidine groups is 1. The molecule has 0 aliphatic rings. The number of halogens is 1. The van der Waals surface area contributed by atoms with Gasteiger partial charge in [0.1, 0.15) is 11.3 Å². The van der Waals surface area contributed by atoms with Crippen molar-refractivity contribution in [2.24, 2.45) is 12.0 Å². The largest absolute Gasteiger partial charge is 0.459 e. The first kappa shape index (κ1) is 22.3. The second-order valence-corrected chi connectivity index (χ2v) is 6.68. The van der Waals surface area contributed by atoms with Crippen LogP contribution in [0.4, 0.5) is 0 Å². The molecule has 3 rings (SSSR count). The maximum atomic E-state index is 5.96. The third-order valence-electron chi connectivity index (χ3n) is 4.91. The fourth-order valence-corrected chi connectivity index (χ4v) is 3.45. The minimum Gasteiger partial charge on any atom is -0.459 e. The molecule has 152 valence electrons. The molecule has 1 unspecified atom stereocenters. The molecule has 0 spiro atoms. The van der Waals surface area contributed by atoms with Crippen LogP contribution in [-0.4, -0.2) is 22.8 Å². The normalized spacial score (nSPS) is 12.7. The van der Waals surface area contributed by atoms with Gasteiger partial charge < -0.3 is 15.1 Å². The number of fused-ring (bicyclic) bond motifs is 1. The average molecular weight is 495 g/mol. The number of nitrogens with zero attached hydrogens (tertiary/aromatic N) is 3. The summed E-state index contributed by atoms with van der Waals surface area (Å²) in [6.07, 6.45) is 1.88. The lowest BCUT2D eigenvalue weighted by molar-refractivity contribution is 0.488. The SMILES string of the molecule is CCc1nn(C)c(CC)c1CNC(=NC)NC(C)c1cc2ccccc2o1.I. The molecule has 1 atom stereocenters. The highest BCUT2D eigenvalue weighted by Crippen LogP contribution is 2.23. The summed E-state index contributed by atoms with van der Waals surface area (Å²) >= 11 is 0. The van der Waals surface area contributed by atoms with Crippen LogP contribution < -0.4 is 10.6 Å². The van der Waals surface area contributed by atoms with Gasteiger partial charge in [-0.2, -0.15) is 5.10 Å². The smallest absolute Gasteiger partial charge is 0.191 e. The van der Waals surface area contributed by atoms with Crippen molar-refractivity contribution >= 4 is 40.9 Å². The molecule has 0 saturated heterocycles. The van der Waals surface area contributed by atoms with E-state index in [-0.39, 0.29) is 30.0 Å². The van der Waals surface area contributed by atoms with E-state index in [9.17, 15) is 0 Å². The molecule has 0 bridgehead atoms. The van der Waals surface area contributed by atoms with E-state index in [0.29, 0.717) is 6.54 Å². The minimum absolute atomic E-state index is 0. The van der Waals surface area contributed by atoms with Crippen molar-refractivity contribution in [1.29, 1.82) is 0 Å². The Kier molecular flexibility index (Phi) is 7.91. The van der Waals surface area contributed by atoms with Crippen LogP contribution in [0.1, 0.15) is 49.5 Å². The average Bonchev–Trinajstić information content (AvgIpc) is 3.25. The molecular weight excluding hydrogens is 465 g/mol. The minimum atomic E-state index is 0. The molecule has 6 nitrogen and oxygen atoms in total. The monoisotopic (exact) mass is 495 g/mol. The van der Waals surface area contributed by atoms with Gasteiger partial charge in [-0.1, -0.05) is 32.0 Å². The summed E-state index contributed by atoms with van der Waals surface area (Å²) in [4.78, 5) is 4.37. The molecule has 0 aliphatic carbocycles. The molecular formula is C21H30IN5O. The number of aliphatic imine (C=N–C) groups is 1. The van der Waals surface area contributed by atoms with Crippen molar-refractivity contribution in [2.75, 3.05) is 7.05 Å². The zero-order valence-electron chi connectivity index (χ0n) is 17.2. The van der Waals surface area contributed by atoms with Crippen LogP contribution in [0.5, 0.6) is 0 Å². The van der Waals surface area contributed by atoms with Gasteiger partial charge in [-0.25, -0.2) is 0 Å². The Labute approximate surface area is 183 Å². The summed E-state index contributed by atoms with van der Waals surface area (Å²) in [5.74, 6) is 1.64. The Morgan fingerprint density at radius 1 is 1.25 bits per heavy atom. The van der Waals surface area contributed by atoms with Crippen molar-refractivity contribution in [3.05, 3.63) is 53.0 Å². The summed E-state index contributed by atoms with van der Waals surface area (Å²) in [6, 6.07) is 10.1. The third kappa shape index (κ3) is 4.68. The van der Waals surface area contributed by atoms with Gasteiger partial charge in [0.15, 0.2) is 5.96 Å². The zero-order valence-corrected chi connectivity index (χ0v) is 19.6. The first-order valence-corrected chi connectivity index (χ1v) is 9.56. The lowest BCUT2D eigenvalue weighted by Crippen LogP contribution is -2.38. The Balaban J connectivity index is 0.00000280. The second kappa shape index (κ2) is 9.95. The van der Waals surface area contributed by atoms with Crippen LogP contribution in [-0.2, 0) is 26.4 Å². The van der Waals surface area contributed by atoms with E-state index in [1.165, 1.54) is 11.3 Å². The molecule has 1 aromatic carbocycles. The molecule has 3 aromatic rings. The zero-order chi connectivity index (χ0) is 19.4. The molecule has 7 heteroatoms. The van der Waals surface area contributed by atoms with Crippen LogP contribution in [0, 0.1) is 0 Å². The summed E-state index contributed by atoms with van der Waals surface area (Å²) in [5, 5.41) is 12.6. The van der Waals surface area contributed by atoms with E-state index >= 15 is 0 Å². The first-order valence-electron chi connectivity index (χ1n) is 9.56. The van der Waals surface area contributed by atoms with E-state index in [1.807, 2.05) is 29.9 Å². The summed E-state index contributed by atoms with van der Waals surface area (Å²) in [7, 11) is 3.80. The van der Waals surface area contributed by atoms with Gasteiger partial charge in [-0.05, 0) is 31.9 Å². The van der Waals surface area contributed by atoms with E-state index in [2.05, 4.69) is 53.6 Å². The first-order chi connectivity index (χ1) is 13.1. The number of aromatic nitrogens is 2.